The topological polar surface area (TPSA) is 76.3 Å². The summed E-state index contributed by atoms with van der Waals surface area (Å²) in [6.07, 6.45) is 3.27. The number of aromatic nitrogens is 4. The van der Waals surface area contributed by atoms with Gasteiger partial charge in [-0.05, 0) is 45.0 Å². The SMILES string of the molecule is CC(C)(C)n1ncc2c(=O)n(CCC(=O)N3CCN(c4ccc(F)cc4)CC3)cnc21. The van der Waals surface area contributed by atoms with Crippen LogP contribution in [0.3, 0.4) is 0 Å². The summed E-state index contributed by atoms with van der Waals surface area (Å²) in [4.78, 5) is 33.8. The second kappa shape index (κ2) is 8.13. The van der Waals surface area contributed by atoms with Crippen molar-refractivity contribution in [2.75, 3.05) is 31.1 Å². The predicted molar refractivity (Wildman–Crippen MR) is 117 cm³/mol. The highest BCUT2D eigenvalue weighted by Gasteiger charge is 2.22. The van der Waals surface area contributed by atoms with Crippen molar-refractivity contribution >= 4 is 22.6 Å². The lowest BCUT2D eigenvalue weighted by Gasteiger charge is -2.36. The fourth-order valence-corrected chi connectivity index (χ4v) is 3.84. The molecule has 0 saturated carbocycles. The van der Waals surface area contributed by atoms with E-state index in [1.165, 1.54) is 23.0 Å². The zero-order chi connectivity index (χ0) is 22.2. The van der Waals surface area contributed by atoms with Crippen LogP contribution in [0.5, 0.6) is 0 Å². The number of aryl methyl sites for hydroxylation is 1. The zero-order valence-corrected chi connectivity index (χ0v) is 18.1. The first-order valence-electron chi connectivity index (χ1n) is 10.5. The van der Waals surface area contributed by atoms with Crippen molar-refractivity contribution in [1.82, 2.24) is 24.2 Å². The average molecular weight is 426 g/mol. The fourth-order valence-electron chi connectivity index (χ4n) is 3.84. The lowest BCUT2D eigenvalue weighted by atomic mass is 10.1. The second-order valence-corrected chi connectivity index (χ2v) is 8.80. The largest absolute Gasteiger partial charge is 0.368 e. The van der Waals surface area contributed by atoms with Gasteiger partial charge in [0.15, 0.2) is 5.65 Å². The number of amides is 1. The van der Waals surface area contributed by atoms with Crippen LogP contribution in [0.2, 0.25) is 0 Å². The number of carbonyl (C=O) groups is 1. The minimum atomic E-state index is -0.278. The minimum absolute atomic E-state index is 0.0103. The molecule has 0 aliphatic carbocycles. The van der Waals surface area contributed by atoms with Crippen molar-refractivity contribution in [2.45, 2.75) is 39.3 Å². The van der Waals surface area contributed by atoms with Gasteiger partial charge in [-0.3, -0.25) is 14.2 Å². The Morgan fingerprint density at radius 3 is 2.42 bits per heavy atom. The van der Waals surface area contributed by atoms with Gasteiger partial charge in [-0.15, -0.1) is 0 Å². The van der Waals surface area contributed by atoms with Gasteiger partial charge in [0.1, 0.15) is 11.2 Å². The van der Waals surface area contributed by atoms with E-state index < -0.39 is 0 Å². The number of nitrogens with zero attached hydrogens (tertiary/aromatic N) is 6. The molecule has 1 saturated heterocycles. The maximum atomic E-state index is 13.1. The highest BCUT2D eigenvalue weighted by molar-refractivity contribution is 5.77. The molecule has 0 bridgehead atoms. The smallest absolute Gasteiger partial charge is 0.264 e. The third-order valence-corrected chi connectivity index (χ3v) is 5.58. The van der Waals surface area contributed by atoms with E-state index in [0.29, 0.717) is 37.2 Å². The van der Waals surface area contributed by atoms with Crippen molar-refractivity contribution in [2.24, 2.45) is 0 Å². The van der Waals surface area contributed by atoms with E-state index in [2.05, 4.69) is 15.0 Å². The summed E-state index contributed by atoms with van der Waals surface area (Å²) in [7, 11) is 0. The van der Waals surface area contributed by atoms with Gasteiger partial charge in [-0.1, -0.05) is 0 Å². The number of hydrogen-bond donors (Lipinski definition) is 0. The first kappa shape index (κ1) is 21.0. The molecular formula is C22H27FN6O2. The van der Waals surface area contributed by atoms with Crippen molar-refractivity contribution < 1.29 is 9.18 Å². The van der Waals surface area contributed by atoms with Crippen molar-refractivity contribution in [3.8, 4) is 0 Å². The van der Waals surface area contributed by atoms with Crippen LogP contribution < -0.4 is 10.5 Å². The predicted octanol–water partition coefficient (Wildman–Crippen LogP) is 2.23. The molecule has 0 unspecified atom stereocenters. The Hall–Kier alpha value is -3.23. The molecule has 1 aliphatic heterocycles. The number of hydrogen-bond acceptors (Lipinski definition) is 5. The number of anilines is 1. The van der Waals surface area contributed by atoms with Gasteiger partial charge in [0, 0.05) is 44.8 Å². The van der Waals surface area contributed by atoms with Crippen LogP contribution in [0.25, 0.3) is 11.0 Å². The Bertz CT molecular complexity index is 1140. The molecule has 3 heterocycles. The van der Waals surface area contributed by atoms with Crippen molar-refractivity contribution in [3.63, 3.8) is 0 Å². The first-order chi connectivity index (χ1) is 14.7. The number of fused-ring (bicyclic) bond motifs is 1. The van der Waals surface area contributed by atoms with Crippen molar-refractivity contribution in [3.05, 3.63) is 53.0 Å². The normalized spacial score (nSPS) is 15.0. The van der Waals surface area contributed by atoms with E-state index in [0.717, 1.165) is 5.69 Å². The Balaban J connectivity index is 1.37. The summed E-state index contributed by atoms with van der Waals surface area (Å²) in [5, 5.41) is 4.77. The van der Waals surface area contributed by atoms with Gasteiger partial charge in [0.25, 0.3) is 5.56 Å². The van der Waals surface area contributed by atoms with Crippen LogP contribution in [0.4, 0.5) is 10.1 Å². The average Bonchev–Trinajstić information content (AvgIpc) is 3.19. The molecule has 4 rings (SSSR count). The molecule has 0 atom stereocenters. The molecule has 1 aromatic carbocycles. The number of halogens is 1. The standard InChI is InChI=1S/C22H27FN6O2/c1-22(2,3)29-20-18(14-25-29)21(31)28(15-24-20)9-8-19(30)27-12-10-26(11-13-27)17-6-4-16(23)5-7-17/h4-7,14-15H,8-13H2,1-3H3. The summed E-state index contributed by atoms with van der Waals surface area (Å²) in [5.41, 5.74) is 1.04. The van der Waals surface area contributed by atoms with E-state index >= 15 is 0 Å². The zero-order valence-electron chi connectivity index (χ0n) is 18.1. The monoisotopic (exact) mass is 426 g/mol. The lowest BCUT2D eigenvalue weighted by Crippen LogP contribution is -2.49. The number of benzene rings is 1. The van der Waals surface area contributed by atoms with E-state index in [1.54, 1.807) is 23.0 Å². The molecule has 9 heteroatoms. The molecule has 1 aliphatic rings. The Kier molecular flexibility index (Phi) is 5.51. The van der Waals surface area contributed by atoms with Crippen LogP contribution in [0, 0.1) is 5.82 Å². The molecule has 1 amide bonds. The molecule has 0 N–H and O–H groups in total. The van der Waals surface area contributed by atoms with E-state index in [4.69, 9.17) is 0 Å². The van der Waals surface area contributed by atoms with Gasteiger partial charge in [0.2, 0.25) is 5.91 Å². The summed E-state index contributed by atoms with van der Waals surface area (Å²) in [6, 6.07) is 6.40. The van der Waals surface area contributed by atoms with Gasteiger partial charge >= 0.3 is 0 Å². The van der Waals surface area contributed by atoms with Gasteiger partial charge in [0.05, 0.1) is 18.1 Å². The maximum absolute atomic E-state index is 13.1. The molecule has 0 radical (unpaired) electrons. The molecule has 0 spiro atoms. The summed E-state index contributed by atoms with van der Waals surface area (Å²) < 4.78 is 16.3. The fraction of sp³-hybridized carbons (Fsp3) is 0.455. The Morgan fingerprint density at radius 1 is 1.10 bits per heavy atom. The quantitative estimate of drug-likeness (QED) is 0.640. The summed E-state index contributed by atoms with van der Waals surface area (Å²) in [6.45, 7) is 8.86. The first-order valence-corrected chi connectivity index (χ1v) is 10.5. The molecule has 164 valence electrons. The summed E-state index contributed by atoms with van der Waals surface area (Å²) in [5.74, 6) is -0.248. The maximum Gasteiger partial charge on any atom is 0.264 e. The van der Waals surface area contributed by atoms with Crippen LogP contribution in [-0.2, 0) is 16.9 Å². The molecule has 2 aromatic heterocycles. The van der Waals surface area contributed by atoms with Crippen LogP contribution >= 0.6 is 0 Å². The third-order valence-electron chi connectivity index (χ3n) is 5.58. The van der Waals surface area contributed by atoms with Crippen LogP contribution in [0.1, 0.15) is 27.2 Å². The Morgan fingerprint density at radius 2 is 1.77 bits per heavy atom. The number of carbonyl (C=O) groups excluding carboxylic acids is 1. The number of piperazine rings is 1. The lowest BCUT2D eigenvalue weighted by molar-refractivity contribution is -0.131. The van der Waals surface area contributed by atoms with E-state index in [9.17, 15) is 14.0 Å². The highest BCUT2D eigenvalue weighted by Crippen LogP contribution is 2.19. The minimum Gasteiger partial charge on any atom is -0.368 e. The van der Waals surface area contributed by atoms with Gasteiger partial charge in [-0.25, -0.2) is 14.1 Å². The number of rotatable bonds is 4. The summed E-state index contributed by atoms with van der Waals surface area (Å²) >= 11 is 0. The molecular weight excluding hydrogens is 399 g/mol. The van der Waals surface area contributed by atoms with Crippen LogP contribution in [0.15, 0.2) is 41.6 Å². The molecule has 8 nitrogen and oxygen atoms in total. The third kappa shape index (κ3) is 4.30. The molecule has 31 heavy (non-hydrogen) atoms. The molecule has 1 fully saturated rings. The van der Waals surface area contributed by atoms with Crippen molar-refractivity contribution in [1.29, 1.82) is 0 Å². The van der Waals surface area contributed by atoms with E-state index in [1.807, 2.05) is 25.7 Å². The second-order valence-electron chi connectivity index (χ2n) is 8.80. The molecule has 3 aromatic rings. The Labute approximate surface area is 179 Å². The highest BCUT2D eigenvalue weighted by atomic mass is 19.1. The van der Waals surface area contributed by atoms with Gasteiger partial charge < -0.3 is 9.80 Å². The van der Waals surface area contributed by atoms with Gasteiger partial charge in [-0.2, -0.15) is 5.10 Å². The van der Waals surface area contributed by atoms with Crippen LogP contribution in [-0.4, -0.2) is 56.3 Å². The van der Waals surface area contributed by atoms with E-state index in [-0.39, 0.29) is 35.8 Å².